The fourth-order valence-electron chi connectivity index (χ4n) is 1.81. The van der Waals surface area contributed by atoms with E-state index in [1.807, 2.05) is 30.3 Å². The monoisotopic (exact) mass is 260 g/mol. The highest BCUT2D eigenvalue weighted by Gasteiger charge is 2.22. The summed E-state index contributed by atoms with van der Waals surface area (Å²) in [5, 5.41) is 5.11. The van der Waals surface area contributed by atoms with Crippen LogP contribution in [0.1, 0.15) is 18.4 Å². The Balaban J connectivity index is 1.82. The second-order valence-electron chi connectivity index (χ2n) is 4.34. The van der Waals surface area contributed by atoms with Crippen LogP contribution >= 0.6 is 0 Å². The van der Waals surface area contributed by atoms with E-state index in [9.17, 15) is 9.59 Å². The predicted octanol–water partition coefficient (Wildman–Crippen LogP) is 1.38. The Hall–Kier alpha value is -2.17. The zero-order valence-electron chi connectivity index (χ0n) is 10.8. The van der Waals surface area contributed by atoms with Crippen molar-refractivity contribution in [1.82, 2.24) is 5.01 Å². The molecule has 2 rings (SSSR count). The maximum atomic E-state index is 11.7. The number of carbonyl (C=O) groups is 2. The molecule has 1 amide bonds. The number of nitrogens with zero attached hydrogens (tertiary/aromatic N) is 2. The Morgan fingerprint density at radius 3 is 2.74 bits per heavy atom. The van der Waals surface area contributed by atoms with Crippen molar-refractivity contribution in [2.45, 2.75) is 19.3 Å². The van der Waals surface area contributed by atoms with Gasteiger partial charge >= 0.3 is 5.97 Å². The van der Waals surface area contributed by atoms with Crippen molar-refractivity contribution in [3.63, 3.8) is 0 Å². The standard InChI is InChI=1S/C14H16N2O3/c1-16-13(17)8-7-12(15-16)14(18)19-10-9-11-5-3-2-4-6-11/h2-6H,7-10H2,1H3. The second kappa shape index (κ2) is 6.13. The number of ether oxygens (including phenoxy) is 1. The fourth-order valence-corrected chi connectivity index (χ4v) is 1.81. The number of esters is 1. The Labute approximate surface area is 111 Å². The van der Waals surface area contributed by atoms with Gasteiger partial charge < -0.3 is 4.74 Å². The molecule has 0 aliphatic carbocycles. The molecule has 0 fully saturated rings. The predicted molar refractivity (Wildman–Crippen MR) is 70.5 cm³/mol. The third kappa shape index (κ3) is 3.64. The Kier molecular flexibility index (Phi) is 4.28. The van der Waals surface area contributed by atoms with Gasteiger partial charge in [0, 0.05) is 26.3 Å². The van der Waals surface area contributed by atoms with E-state index in [0.29, 0.717) is 31.6 Å². The van der Waals surface area contributed by atoms with Crippen molar-refractivity contribution in [1.29, 1.82) is 0 Å². The quantitative estimate of drug-likeness (QED) is 0.768. The third-order valence-corrected chi connectivity index (χ3v) is 2.91. The lowest BCUT2D eigenvalue weighted by Gasteiger charge is -2.18. The molecule has 0 atom stereocenters. The minimum Gasteiger partial charge on any atom is -0.461 e. The Morgan fingerprint density at radius 2 is 2.05 bits per heavy atom. The summed E-state index contributed by atoms with van der Waals surface area (Å²) in [4.78, 5) is 23.0. The van der Waals surface area contributed by atoms with E-state index in [1.54, 1.807) is 7.05 Å². The van der Waals surface area contributed by atoms with Gasteiger partial charge in [-0.15, -0.1) is 0 Å². The van der Waals surface area contributed by atoms with Gasteiger partial charge in [0.2, 0.25) is 5.91 Å². The first-order valence-electron chi connectivity index (χ1n) is 6.22. The van der Waals surface area contributed by atoms with Crippen LogP contribution in [0.15, 0.2) is 35.4 Å². The molecule has 5 nitrogen and oxygen atoms in total. The lowest BCUT2D eigenvalue weighted by Crippen LogP contribution is -2.32. The molecule has 0 saturated heterocycles. The maximum Gasteiger partial charge on any atom is 0.354 e. The molecule has 0 aromatic heterocycles. The topological polar surface area (TPSA) is 59.0 Å². The number of hydrogen-bond donors (Lipinski definition) is 0. The normalized spacial score (nSPS) is 15.1. The first kappa shape index (κ1) is 13.3. The molecule has 19 heavy (non-hydrogen) atoms. The summed E-state index contributed by atoms with van der Waals surface area (Å²) < 4.78 is 5.16. The summed E-state index contributed by atoms with van der Waals surface area (Å²) in [7, 11) is 1.54. The smallest absolute Gasteiger partial charge is 0.354 e. The van der Waals surface area contributed by atoms with Crippen molar-refractivity contribution in [3.05, 3.63) is 35.9 Å². The molecule has 1 aromatic rings. The molecule has 100 valence electrons. The van der Waals surface area contributed by atoms with Crippen LogP contribution in [0.4, 0.5) is 0 Å². The van der Waals surface area contributed by atoms with Gasteiger partial charge in [0.15, 0.2) is 0 Å². The molecular weight excluding hydrogens is 244 g/mol. The molecule has 0 N–H and O–H groups in total. The maximum absolute atomic E-state index is 11.7. The minimum atomic E-state index is -0.435. The highest BCUT2D eigenvalue weighted by molar-refractivity contribution is 6.37. The summed E-state index contributed by atoms with van der Waals surface area (Å²) in [5.41, 5.74) is 1.43. The van der Waals surface area contributed by atoms with E-state index >= 15 is 0 Å². The van der Waals surface area contributed by atoms with E-state index < -0.39 is 5.97 Å². The first-order valence-corrected chi connectivity index (χ1v) is 6.22. The van der Waals surface area contributed by atoms with Crippen LogP contribution in [0, 0.1) is 0 Å². The molecule has 1 aliphatic rings. The summed E-state index contributed by atoms with van der Waals surface area (Å²) in [6.45, 7) is 0.319. The van der Waals surface area contributed by atoms with Crippen LogP contribution in [0.3, 0.4) is 0 Å². The number of rotatable bonds is 4. The van der Waals surface area contributed by atoms with E-state index in [2.05, 4.69) is 5.10 Å². The van der Waals surface area contributed by atoms with E-state index in [0.717, 1.165) is 5.56 Å². The molecular formula is C14H16N2O3. The van der Waals surface area contributed by atoms with Gasteiger partial charge in [0.1, 0.15) is 5.71 Å². The van der Waals surface area contributed by atoms with Crippen LogP contribution in [-0.4, -0.2) is 36.3 Å². The van der Waals surface area contributed by atoms with Crippen molar-refractivity contribution < 1.29 is 14.3 Å². The van der Waals surface area contributed by atoms with Gasteiger partial charge in [-0.1, -0.05) is 30.3 Å². The second-order valence-corrected chi connectivity index (χ2v) is 4.34. The van der Waals surface area contributed by atoms with Crippen molar-refractivity contribution in [2.75, 3.05) is 13.7 Å². The van der Waals surface area contributed by atoms with Crippen LogP contribution in [0.5, 0.6) is 0 Å². The Morgan fingerprint density at radius 1 is 1.32 bits per heavy atom. The lowest BCUT2D eigenvalue weighted by atomic mass is 10.1. The van der Waals surface area contributed by atoms with E-state index in [1.165, 1.54) is 5.01 Å². The number of carbonyl (C=O) groups excluding carboxylic acids is 2. The van der Waals surface area contributed by atoms with E-state index in [-0.39, 0.29) is 5.91 Å². The fraction of sp³-hybridized carbons (Fsp3) is 0.357. The molecule has 0 radical (unpaired) electrons. The average Bonchev–Trinajstić information content (AvgIpc) is 2.43. The summed E-state index contributed by atoms with van der Waals surface area (Å²) in [6.07, 6.45) is 1.34. The summed E-state index contributed by atoms with van der Waals surface area (Å²) >= 11 is 0. The molecule has 5 heteroatoms. The van der Waals surface area contributed by atoms with Crippen LogP contribution in [0.2, 0.25) is 0 Å². The van der Waals surface area contributed by atoms with Gasteiger partial charge in [-0.3, -0.25) is 4.79 Å². The van der Waals surface area contributed by atoms with Crippen molar-refractivity contribution in [3.8, 4) is 0 Å². The third-order valence-electron chi connectivity index (χ3n) is 2.91. The average molecular weight is 260 g/mol. The highest BCUT2D eigenvalue weighted by Crippen LogP contribution is 2.08. The van der Waals surface area contributed by atoms with Crippen molar-refractivity contribution >= 4 is 17.6 Å². The van der Waals surface area contributed by atoms with E-state index in [4.69, 9.17) is 4.74 Å². The zero-order valence-corrected chi connectivity index (χ0v) is 10.8. The van der Waals surface area contributed by atoms with Gasteiger partial charge in [-0.05, 0) is 5.56 Å². The van der Waals surface area contributed by atoms with Crippen LogP contribution < -0.4 is 0 Å². The number of benzene rings is 1. The number of amides is 1. The molecule has 1 aliphatic heterocycles. The minimum absolute atomic E-state index is 0.0826. The van der Waals surface area contributed by atoms with Crippen LogP contribution in [0.25, 0.3) is 0 Å². The highest BCUT2D eigenvalue weighted by atomic mass is 16.5. The Bertz CT molecular complexity index is 497. The van der Waals surface area contributed by atoms with Gasteiger partial charge in [-0.25, -0.2) is 9.80 Å². The largest absolute Gasteiger partial charge is 0.461 e. The van der Waals surface area contributed by atoms with Crippen molar-refractivity contribution in [2.24, 2.45) is 5.10 Å². The van der Waals surface area contributed by atoms with Gasteiger partial charge in [0.05, 0.1) is 6.61 Å². The SMILES string of the molecule is CN1N=C(C(=O)OCCc2ccccc2)CCC1=O. The van der Waals surface area contributed by atoms with Gasteiger partial charge in [-0.2, -0.15) is 5.10 Å². The van der Waals surface area contributed by atoms with Crippen LogP contribution in [-0.2, 0) is 20.7 Å². The zero-order chi connectivity index (χ0) is 13.7. The molecule has 1 aromatic carbocycles. The molecule has 0 saturated carbocycles. The number of hydrogen-bond acceptors (Lipinski definition) is 4. The molecule has 0 spiro atoms. The summed E-state index contributed by atoms with van der Waals surface area (Å²) in [5.74, 6) is -0.517. The molecule has 1 heterocycles. The number of hydrazone groups is 1. The molecule has 0 unspecified atom stereocenters. The first-order chi connectivity index (χ1) is 9.16. The summed E-state index contributed by atoms with van der Waals surface area (Å²) in [6, 6.07) is 9.81. The van der Waals surface area contributed by atoms with Gasteiger partial charge in [0.25, 0.3) is 0 Å². The molecule has 0 bridgehead atoms. The lowest BCUT2D eigenvalue weighted by molar-refractivity contribution is -0.136.